The van der Waals surface area contributed by atoms with Crippen LogP contribution in [0.3, 0.4) is 0 Å². The fourth-order valence-corrected chi connectivity index (χ4v) is 2.45. The topological polar surface area (TPSA) is 50.1 Å². The van der Waals surface area contributed by atoms with Gasteiger partial charge in [-0.1, -0.05) is 12.8 Å². The molecule has 2 rings (SSSR count). The Balaban J connectivity index is 1.86. The molecule has 1 aromatic rings. The average Bonchev–Trinajstić information content (AvgIpc) is 2.95. The summed E-state index contributed by atoms with van der Waals surface area (Å²) in [4.78, 5) is 0. The molecule has 0 amide bonds. The number of aryl methyl sites for hydroxylation is 1. The first-order valence-corrected chi connectivity index (χ1v) is 6.61. The number of aliphatic hydroxyl groups is 1. The maximum atomic E-state index is 10.3. The molecule has 1 saturated carbocycles. The number of hydrogen-bond acceptors (Lipinski definition) is 3. The van der Waals surface area contributed by atoms with Crippen LogP contribution in [0.15, 0.2) is 12.4 Å². The lowest BCUT2D eigenvalue weighted by Crippen LogP contribution is -2.38. The van der Waals surface area contributed by atoms with Crippen molar-refractivity contribution in [3.05, 3.63) is 18.0 Å². The highest BCUT2D eigenvalue weighted by molar-refractivity contribution is 5.09. The van der Waals surface area contributed by atoms with E-state index in [2.05, 4.69) is 30.5 Å². The maximum Gasteiger partial charge on any atom is 0.0771 e. The molecule has 0 aliphatic heterocycles. The van der Waals surface area contributed by atoms with Gasteiger partial charge in [-0.2, -0.15) is 5.10 Å². The SMILES string of the molecule is CCn1cc(C(C)NCC2(O)CCCC2)cn1. The Labute approximate surface area is 103 Å². The summed E-state index contributed by atoms with van der Waals surface area (Å²) in [6.07, 6.45) is 8.14. The van der Waals surface area contributed by atoms with Crippen LogP contribution in [0.4, 0.5) is 0 Å². The third-order valence-corrected chi connectivity index (χ3v) is 3.75. The predicted octanol–water partition coefficient (Wildman–Crippen LogP) is 1.86. The van der Waals surface area contributed by atoms with Gasteiger partial charge in [-0.05, 0) is 26.7 Å². The second-order valence-corrected chi connectivity index (χ2v) is 5.16. The van der Waals surface area contributed by atoms with Crippen molar-refractivity contribution < 1.29 is 5.11 Å². The van der Waals surface area contributed by atoms with E-state index in [0.29, 0.717) is 6.54 Å². The van der Waals surface area contributed by atoms with E-state index >= 15 is 0 Å². The molecule has 4 nitrogen and oxygen atoms in total. The van der Waals surface area contributed by atoms with Crippen molar-refractivity contribution >= 4 is 0 Å². The summed E-state index contributed by atoms with van der Waals surface area (Å²) in [5, 5.41) is 17.9. The summed E-state index contributed by atoms with van der Waals surface area (Å²) in [6, 6.07) is 0.250. The van der Waals surface area contributed by atoms with E-state index in [4.69, 9.17) is 0 Å². The average molecular weight is 237 g/mol. The minimum absolute atomic E-state index is 0.250. The number of rotatable bonds is 5. The molecule has 0 saturated heterocycles. The molecule has 1 aliphatic carbocycles. The zero-order valence-corrected chi connectivity index (χ0v) is 10.8. The van der Waals surface area contributed by atoms with Gasteiger partial charge in [0.1, 0.15) is 0 Å². The van der Waals surface area contributed by atoms with E-state index in [-0.39, 0.29) is 6.04 Å². The van der Waals surface area contributed by atoms with Crippen molar-refractivity contribution in [3.8, 4) is 0 Å². The number of nitrogens with one attached hydrogen (secondary N) is 1. The van der Waals surface area contributed by atoms with Crippen molar-refractivity contribution in [1.29, 1.82) is 0 Å². The van der Waals surface area contributed by atoms with Gasteiger partial charge in [0.25, 0.3) is 0 Å². The first kappa shape index (κ1) is 12.6. The van der Waals surface area contributed by atoms with Crippen LogP contribution < -0.4 is 5.32 Å². The number of nitrogens with zero attached hydrogens (tertiary/aromatic N) is 2. The summed E-state index contributed by atoms with van der Waals surface area (Å²) < 4.78 is 1.93. The van der Waals surface area contributed by atoms with Crippen LogP contribution >= 0.6 is 0 Å². The smallest absolute Gasteiger partial charge is 0.0771 e. The molecule has 1 aliphatic rings. The summed E-state index contributed by atoms with van der Waals surface area (Å²) in [6.45, 7) is 5.79. The molecule has 1 heterocycles. The van der Waals surface area contributed by atoms with Crippen LogP contribution in [0.5, 0.6) is 0 Å². The molecule has 1 fully saturated rings. The Morgan fingerprint density at radius 1 is 1.53 bits per heavy atom. The maximum absolute atomic E-state index is 10.3. The van der Waals surface area contributed by atoms with E-state index in [1.54, 1.807) is 0 Å². The Morgan fingerprint density at radius 3 is 2.82 bits per heavy atom. The first-order valence-electron chi connectivity index (χ1n) is 6.61. The molecule has 0 aromatic carbocycles. The van der Waals surface area contributed by atoms with Crippen LogP contribution in [-0.4, -0.2) is 27.0 Å². The molecule has 4 heteroatoms. The normalized spacial score (nSPS) is 20.6. The van der Waals surface area contributed by atoms with Crippen LogP contribution in [0.1, 0.15) is 51.1 Å². The van der Waals surface area contributed by atoms with Gasteiger partial charge in [0.15, 0.2) is 0 Å². The fourth-order valence-electron chi connectivity index (χ4n) is 2.45. The van der Waals surface area contributed by atoms with Crippen LogP contribution in [0.25, 0.3) is 0 Å². The van der Waals surface area contributed by atoms with Gasteiger partial charge in [-0.3, -0.25) is 4.68 Å². The van der Waals surface area contributed by atoms with E-state index < -0.39 is 5.60 Å². The highest BCUT2D eigenvalue weighted by Crippen LogP contribution is 2.29. The summed E-state index contributed by atoms with van der Waals surface area (Å²) in [5.74, 6) is 0. The van der Waals surface area contributed by atoms with Crippen LogP contribution in [0, 0.1) is 0 Å². The van der Waals surface area contributed by atoms with Gasteiger partial charge < -0.3 is 10.4 Å². The van der Waals surface area contributed by atoms with Gasteiger partial charge in [-0.25, -0.2) is 0 Å². The first-order chi connectivity index (χ1) is 8.13. The van der Waals surface area contributed by atoms with E-state index in [9.17, 15) is 5.11 Å². The largest absolute Gasteiger partial charge is 0.389 e. The third-order valence-electron chi connectivity index (χ3n) is 3.75. The zero-order valence-electron chi connectivity index (χ0n) is 10.8. The molecular weight excluding hydrogens is 214 g/mol. The van der Waals surface area contributed by atoms with Crippen molar-refractivity contribution in [2.75, 3.05) is 6.54 Å². The Kier molecular flexibility index (Phi) is 3.84. The van der Waals surface area contributed by atoms with Crippen molar-refractivity contribution in [3.63, 3.8) is 0 Å². The summed E-state index contributed by atoms with van der Waals surface area (Å²) in [7, 11) is 0. The quantitative estimate of drug-likeness (QED) is 0.822. The lowest BCUT2D eigenvalue weighted by atomic mass is 10.0. The number of aromatic nitrogens is 2. The molecule has 0 spiro atoms. The van der Waals surface area contributed by atoms with Crippen molar-refractivity contribution in [2.45, 2.75) is 57.7 Å². The third kappa shape index (κ3) is 3.07. The minimum atomic E-state index is -0.477. The van der Waals surface area contributed by atoms with Gasteiger partial charge in [-0.15, -0.1) is 0 Å². The second-order valence-electron chi connectivity index (χ2n) is 5.16. The molecule has 96 valence electrons. The lowest BCUT2D eigenvalue weighted by molar-refractivity contribution is 0.0453. The summed E-state index contributed by atoms with van der Waals surface area (Å²) >= 11 is 0. The van der Waals surface area contributed by atoms with Crippen LogP contribution in [0.2, 0.25) is 0 Å². The molecule has 1 atom stereocenters. The van der Waals surface area contributed by atoms with E-state index in [1.807, 2.05) is 10.9 Å². The van der Waals surface area contributed by atoms with Gasteiger partial charge in [0.2, 0.25) is 0 Å². The molecule has 1 unspecified atom stereocenters. The van der Waals surface area contributed by atoms with Gasteiger partial charge >= 0.3 is 0 Å². The standard InChI is InChI=1S/C13H23N3O/c1-3-16-9-12(8-15-16)11(2)14-10-13(17)6-4-5-7-13/h8-9,11,14,17H,3-7,10H2,1-2H3. The molecule has 17 heavy (non-hydrogen) atoms. The van der Waals surface area contributed by atoms with Crippen molar-refractivity contribution in [2.24, 2.45) is 0 Å². The lowest BCUT2D eigenvalue weighted by Gasteiger charge is -2.24. The monoisotopic (exact) mass is 237 g/mol. The molecule has 1 aromatic heterocycles. The highest BCUT2D eigenvalue weighted by atomic mass is 16.3. The fraction of sp³-hybridized carbons (Fsp3) is 0.769. The summed E-state index contributed by atoms with van der Waals surface area (Å²) in [5.41, 5.74) is 0.711. The number of hydrogen-bond donors (Lipinski definition) is 2. The minimum Gasteiger partial charge on any atom is -0.389 e. The highest BCUT2D eigenvalue weighted by Gasteiger charge is 2.31. The van der Waals surface area contributed by atoms with Gasteiger partial charge in [0, 0.05) is 30.9 Å². The molecule has 0 bridgehead atoms. The van der Waals surface area contributed by atoms with E-state index in [0.717, 1.165) is 32.2 Å². The van der Waals surface area contributed by atoms with E-state index in [1.165, 1.54) is 5.56 Å². The van der Waals surface area contributed by atoms with Gasteiger partial charge in [0.05, 0.1) is 11.8 Å². The molecule has 0 radical (unpaired) electrons. The molecular formula is C13H23N3O. The second kappa shape index (κ2) is 5.19. The zero-order chi connectivity index (χ0) is 12.3. The Morgan fingerprint density at radius 2 is 2.24 bits per heavy atom. The van der Waals surface area contributed by atoms with Crippen molar-refractivity contribution in [1.82, 2.24) is 15.1 Å². The Hall–Kier alpha value is -0.870. The Bertz CT molecular complexity index is 355. The van der Waals surface area contributed by atoms with Crippen LogP contribution in [-0.2, 0) is 6.54 Å². The predicted molar refractivity (Wildman–Crippen MR) is 67.7 cm³/mol. The molecule has 2 N–H and O–H groups in total.